The van der Waals surface area contributed by atoms with E-state index in [0.717, 1.165) is 0 Å². The fourth-order valence-electron chi connectivity index (χ4n) is 2.86. The third kappa shape index (κ3) is 5.01. The van der Waals surface area contributed by atoms with Gasteiger partial charge in [0.15, 0.2) is 6.61 Å². The summed E-state index contributed by atoms with van der Waals surface area (Å²) in [6.07, 6.45) is 1.03. The number of β-amino-alcohol motifs (C(OH)–C–C–N with tert-alkyl or cyclic N) is 1. The largest absolute Gasteiger partial charge is 0.484 e. The first kappa shape index (κ1) is 18.8. The standard InChI is InChI=1S/C19H20FN3O4/c20-13-4-3-5-14(10-13)27-12-18(25)23-9-7-15(17(24)11-23)22-19(26)16-6-1-2-8-21-16/h1-6,8,10,15,17,24H,7,9,11-12H2,(H,22,26)/t15-,17-/m1/s1. The van der Waals surface area contributed by atoms with Crippen molar-refractivity contribution >= 4 is 11.8 Å². The molecule has 1 aliphatic heterocycles. The summed E-state index contributed by atoms with van der Waals surface area (Å²) in [6.45, 7) is 0.204. The maximum atomic E-state index is 13.1. The van der Waals surface area contributed by atoms with Crippen LogP contribution in [0.1, 0.15) is 16.9 Å². The first-order chi connectivity index (χ1) is 13.0. The van der Waals surface area contributed by atoms with Crippen molar-refractivity contribution in [3.05, 3.63) is 60.2 Å². The molecule has 0 unspecified atom stereocenters. The van der Waals surface area contributed by atoms with Crippen LogP contribution in [0.3, 0.4) is 0 Å². The topological polar surface area (TPSA) is 91.8 Å². The van der Waals surface area contributed by atoms with E-state index < -0.39 is 18.0 Å². The Morgan fingerprint density at radius 3 is 2.85 bits per heavy atom. The normalized spacial score (nSPS) is 19.4. The quantitative estimate of drug-likeness (QED) is 0.816. The van der Waals surface area contributed by atoms with Crippen molar-refractivity contribution in [3.63, 3.8) is 0 Å². The molecule has 27 heavy (non-hydrogen) atoms. The average molecular weight is 373 g/mol. The Morgan fingerprint density at radius 2 is 2.15 bits per heavy atom. The Hall–Kier alpha value is -3.00. The molecule has 2 N–H and O–H groups in total. The van der Waals surface area contributed by atoms with Crippen molar-refractivity contribution in [1.82, 2.24) is 15.2 Å². The van der Waals surface area contributed by atoms with Gasteiger partial charge in [0.2, 0.25) is 0 Å². The Morgan fingerprint density at radius 1 is 1.30 bits per heavy atom. The molecule has 142 valence electrons. The second-order valence-corrected chi connectivity index (χ2v) is 6.24. The Labute approximate surface area is 155 Å². The van der Waals surface area contributed by atoms with E-state index in [0.29, 0.717) is 13.0 Å². The van der Waals surface area contributed by atoms with Gasteiger partial charge in [-0.3, -0.25) is 14.6 Å². The number of benzene rings is 1. The first-order valence-corrected chi connectivity index (χ1v) is 8.59. The highest BCUT2D eigenvalue weighted by Crippen LogP contribution is 2.15. The van der Waals surface area contributed by atoms with Crippen LogP contribution in [0.15, 0.2) is 48.7 Å². The van der Waals surface area contributed by atoms with Gasteiger partial charge in [-0.2, -0.15) is 0 Å². The lowest BCUT2D eigenvalue weighted by molar-refractivity contribution is -0.136. The van der Waals surface area contributed by atoms with Crippen molar-refractivity contribution in [2.24, 2.45) is 0 Å². The highest BCUT2D eigenvalue weighted by atomic mass is 19.1. The minimum absolute atomic E-state index is 0.0819. The van der Waals surface area contributed by atoms with Crippen LogP contribution < -0.4 is 10.1 Å². The molecule has 3 rings (SSSR count). The summed E-state index contributed by atoms with van der Waals surface area (Å²) in [6, 6.07) is 10.1. The summed E-state index contributed by atoms with van der Waals surface area (Å²) < 4.78 is 18.4. The third-order valence-electron chi connectivity index (χ3n) is 4.31. The molecule has 1 fully saturated rings. The molecule has 1 aromatic heterocycles. The first-order valence-electron chi connectivity index (χ1n) is 8.59. The van der Waals surface area contributed by atoms with E-state index in [-0.39, 0.29) is 36.4 Å². The number of carbonyl (C=O) groups excluding carboxylic acids is 2. The van der Waals surface area contributed by atoms with E-state index in [4.69, 9.17) is 4.74 Å². The maximum absolute atomic E-state index is 13.1. The molecule has 0 bridgehead atoms. The number of rotatable bonds is 5. The lowest BCUT2D eigenvalue weighted by Crippen LogP contribution is -2.56. The van der Waals surface area contributed by atoms with E-state index in [1.807, 2.05) is 0 Å². The number of halogens is 1. The second-order valence-electron chi connectivity index (χ2n) is 6.24. The minimum atomic E-state index is -0.899. The molecule has 1 aliphatic rings. The van der Waals surface area contributed by atoms with Crippen LogP contribution in [-0.4, -0.2) is 58.6 Å². The molecule has 2 atom stereocenters. The van der Waals surface area contributed by atoms with Crippen LogP contribution in [0.4, 0.5) is 4.39 Å². The SMILES string of the molecule is O=C(N[C@@H]1CCN(C(=O)COc2cccc(F)c2)C[C@H]1O)c1ccccn1. The van der Waals surface area contributed by atoms with Crippen molar-refractivity contribution in [1.29, 1.82) is 0 Å². The smallest absolute Gasteiger partial charge is 0.270 e. The highest BCUT2D eigenvalue weighted by Gasteiger charge is 2.31. The zero-order chi connectivity index (χ0) is 19.2. The predicted octanol–water partition coefficient (Wildman–Crippen LogP) is 0.991. The number of aliphatic hydroxyl groups excluding tert-OH is 1. The van der Waals surface area contributed by atoms with Gasteiger partial charge in [0.1, 0.15) is 17.3 Å². The summed E-state index contributed by atoms with van der Waals surface area (Å²) >= 11 is 0. The Balaban J connectivity index is 1.49. The molecule has 1 saturated heterocycles. The number of piperidine rings is 1. The molecule has 2 amide bonds. The van der Waals surface area contributed by atoms with Gasteiger partial charge >= 0.3 is 0 Å². The summed E-state index contributed by atoms with van der Waals surface area (Å²) in [5.41, 5.74) is 0.270. The van der Waals surface area contributed by atoms with Gasteiger partial charge in [0.05, 0.1) is 12.1 Å². The van der Waals surface area contributed by atoms with Gasteiger partial charge in [0.25, 0.3) is 11.8 Å². The number of hydrogen-bond donors (Lipinski definition) is 2. The van der Waals surface area contributed by atoms with Crippen LogP contribution in [0.5, 0.6) is 5.75 Å². The van der Waals surface area contributed by atoms with Crippen molar-refractivity contribution in [2.45, 2.75) is 18.6 Å². The number of likely N-dealkylation sites (tertiary alicyclic amines) is 1. The monoisotopic (exact) mass is 373 g/mol. The van der Waals surface area contributed by atoms with E-state index in [1.54, 1.807) is 24.3 Å². The van der Waals surface area contributed by atoms with Gasteiger partial charge in [0, 0.05) is 25.4 Å². The fraction of sp³-hybridized carbons (Fsp3) is 0.316. The minimum Gasteiger partial charge on any atom is -0.484 e. The predicted molar refractivity (Wildman–Crippen MR) is 94.6 cm³/mol. The van der Waals surface area contributed by atoms with Crippen LogP contribution >= 0.6 is 0 Å². The van der Waals surface area contributed by atoms with E-state index in [9.17, 15) is 19.1 Å². The van der Waals surface area contributed by atoms with E-state index in [2.05, 4.69) is 10.3 Å². The Kier molecular flexibility index (Phi) is 5.97. The summed E-state index contributed by atoms with van der Waals surface area (Å²) in [5.74, 6) is -0.858. The second kappa shape index (κ2) is 8.59. The van der Waals surface area contributed by atoms with E-state index >= 15 is 0 Å². The van der Waals surface area contributed by atoms with Crippen molar-refractivity contribution in [3.8, 4) is 5.75 Å². The molecular weight excluding hydrogens is 353 g/mol. The van der Waals surface area contributed by atoms with Crippen LogP contribution in [-0.2, 0) is 4.79 Å². The van der Waals surface area contributed by atoms with Gasteiger partial charge in [-0.05, 0) is 30.7 Å². The number of aromatic nitrogens is 1. The number of carbonyl (C=O) groups is 2. The van der Waals surface area contributed by atoms with Gasteiger partial charge in [-0.25, -0.2) is 4.39 Å². The number of aliphatic hydroxyl groups is 1. The van der Waals surface area contributed by atoms with Crippen molar-refractivity contribution < 1.29 is 23.8 Å². The van der Waals surface area contributed by atoms with Gasteiger partial charge in [-0.1, -0.05) is 12.1 Å². The molecule has 0 aliphatic carbocycles. The van der Waals surface area contributed by atoms with E-state index in [1.165, 1.54) is 29.3 Å². The summed E-state index contributed by atoms with van der Waals surface area (Å²) in [4.78, 5) is 29.8. The van der Waals surface area contributed by atoms with Crippen LogP contribution in [0, 0.1) is 5.82 Å². The highest BCUT2D eigenvalue weighted by molar-refractivity contribution is 5.92. The molecule has 8 heteroatoms. The van der Waals surface area contributed by atoms with Crippen LogP contribution in [0.25, 0.3) is 0 Å². The molecule has 7 nitrogen and oxygen atoms in total. The molecule has 0 radical (unpaired) electrons. The lowest BCUT2D eigenvalue weighted by Gasteiger charge is -2.36. The summed E-state index contributed by atoms with van der Waals surface area (Å²) in [7, 11) is 0. The number of nitrogens with one attached hydrogen (secondary N) is 1. The number of pyridine rings is 1. The molecule has 0 spiro atoms. The summed E-state index contributed by atoms with van der Waals surface area (Å²) in [5, 5.41) is 13.0. The Bertz CT molecular complexity index is 803. The molecular formula is C19H20FN3O4. The van der Waals surface area contributed by atoms with Gasteiger partial charge < -0.3 is 20.1 Å². The molecule has 2 aromatic rings. The number of hydrogen-bond acceptors (Lipinski definition) is 5. The zero-order valence-electron chi connectivity index (χ0n) is 14.5. The van der Waals surface area contributed by atoms with Crippen LogP contribution in [0.2, 0.25) is 0 Å². The number of ether oxygens (including phenoxy) is 1. The average Bonchev–Trinajstić information content (AvgIpc) is 2.68. The number of amides is 2. The molecule has 0 saturated carbocycles. The zero-order valence-corrected chi connectivity index (χ0v) is 14.5. The molecule has 1 aromatic carbocycles. The third-order valence-corrected chi connectivity index (χ3v) is 4.31. The van der Waals surface area contributed by atoms with Crippen molar-refractivity contribution in [2.75, 3.05) is 19.7 Å². The lowest BCUT2D eigenvalue weighted by atomic mass is 10.0. The molecule has 2 heterocycles. The van der Waals surface area contributed by atoms with Gasteiger partial charge in [-0.15, -0.1) is 0 Å². The fourth-order valence-corrected chi connectivity index (χ4v) is 2.86. The number of nitrogens with zero attached hydrogens (tertiary/aromatic N) is 2. The maximum Gasteiger partial charge on any atom is 0.270 e.